The number of ether oxygens (including phenoxy) is 2. The third-order valence-corrected chi connectivity index (χ3v) is 4.26. The lowest BCUT2D eigenvalue weighted by Crippen LogP contribution is -2.05. The molecular weight excluding hydrogens is 284 g/mol. The molecule has 1 fully saturated rings. The van der Waals surface area contributed by atoms with Crippen LogP contribution in [-0.2, 0) is 11.2 Å². The molecule has 2 nitrogen and oxygen atoms in total. The molecule has 1 aromatic carbocycles. The van der Waals surface area contributed by atoms with Crippen LogP contribution in [0.25, 0.3) is 0 Å². The number of aryl methyl sites for hydroxylation is 1. The Morgan fingerprint density at radius 1 is 1.04 bits per heavy atom. The first-order valence-electron chi connectivity index (χ1n) is 9.37. The summed E-state index contributed by atoms with van der Waals surface area (Å²) in [6.45, 7) is 3.80. The van der Waals surface area contributed by atoms with Crippen LogP contribution in [0.2, 0.25) is 0 Å². The molecule has 2 rings (SSSR count). The number of hydrogen-bond donors (Lipinski definition) is 0. The zero-order valence-electron chi connectivity index (χ0n) is 14.6. The summed E-state index contributed by atoms with van der Waals surface area (Å²) in [5, 5.41) is 0. The van der Waals surface area contributed by atoms with Gasteiger partial charge in [0.2, 0.25) is 0 Å². The summed E-state index contributed by atoms with van der Waals surface area (Å²) in [6, 6.07) is 8.44. The van der Waals surface area contributed by atoms with E-state index in [1.165, 1.54) is 56.9 Å². The van der Waals surface area contributed by atoms with Gasteiger partial charge in [-0.05, 0) is 43.7 Å². The minimum atomic E-state index is 0.327. The van der Waals surface area contributed by atoms with Crippen LogP contribution in [-0.4, -0.2) is 19.3 Å². The fourth-order valence-corrected chi connectivity index (χ4v) is 2.69. The number of benzene rings is 1. The van der Waals surface area contributed by atoms with Crippen LogP contribution in [0.1, 0.15) is 63.9 Å². The topological polar surface area (TPSA) is 21.8 Å². The average Bonchev–Trinajstić information content (AvgIpc) is 3.40. The molecular formula is C21H32O2. The van der Waals surface area contributed by atoms with Crippen LogP contribution in [0.4, 0.5) is 0 Å². The van der Waals surface area contributed by atoms with Crippen molar-refractivity contribution < 1.29 is 9.47 Å². The Hall–Kier alpha value is -1.28. The second-order valence-electron chi connectivity index (χ2n) is 6.44. The summed E-state index contributed by atoms with van der Waals surface area (Å²) in [5.74, 6) is 1.04. The Labute approximate surface area is 141 Å². The molecule has 1 atom stereocenters. The fourth-order valence-electron chi connectivity index (χ4n) is 2.69. The van der Waals surface area contributed by atoms with Gasteiger partial charge in [0.1, 0.15) is 18.5 Å². The largest absolute Gasteiger partial charge is 0.491 e. The Balaban J connectivity index is 1.54. The van der Waals surface area contributed by atoms with Gasteiger partial charge in [0.15, 0.2) is 0 Å². The predicted octanol–water partition coefficient (Wildman–Crippen LogP) is 5.70. The number of unbranched alkanes of at least 4 members (excludes halogenated alkanes) is 6. The number of rotatable bonds is 13. The molecule has 0 spiro atoms. The van der Waals surface area contributed by atoms with Crippen molar-refractivity contribution in [2.45, 2.75) is 70.8 Å². The lowest BCUT2D eigenvalue weighted by molar-refractivity contribution is 0.261. The third kappa shape index (κ3) is 8.22. The molecule has 0 bridgehead atoms. The molecule has 1 aromatic rings. The van der Waals surface area contributed by atoms with Gasteiger partial charge in [-0.2, -0.15) is 0 Å². The van der Waals surface area contributed by atoms with E-state index >= 15 is 0 Å². The Bertz CT molecular complexity index is 449. The van der Waals surface area contributed by atoms with Gasteiger partial charge in [-0.1, -0.05) is 63.0 Å². The maximum absolute atomic E-state index is 5.87. The molecule has 23 heavy (non-hydrogen) atoms. The summed E-state index contributed by atoms with van der Waals surface area (Å²) in [6.07, 6.45) is 16.5. The van der Waals surface area contributed by atoms with Crippen LogP contribution in [0.3, 0.4) is 0 Å². The Morgan fingerprint density at radius 3 is 2.57 bits per heavy atom. The second-order valence-corrected chi connectivity index (χ2v) is 6.44. The van der Waals surface area contributed by atoms with Gasteiger partial charge in [0, 0.05) is 0 Å². The fraction of sp³-hybridized carbons (Fsp3) is 0.619. The van der Waals surface area contributed by atoms with E-state index in [0.29, 0.717) is 12.7 Å². The first kappa shape index (κ1) is 18.1. The van der Waals surface area contributed by atoms with Gasteiger partial charge >= 0.3 is 0 Å². The minimum Gasteiger partial charge on any atom is -0.491 e. The van der Waals surface area contributed by atoms with Crippen molar-refractivity contribution in [3.05, 3.63) is 42.0 Å². The van der Waals surface area contributed by atoms with E-state index in [9.17, 15) is 0 Å². The van der Waals surface area contributed by atoms with Gasteiger partial charge in [0.25, 0.3) is 0 Å². The maximum atomic E-state index is 5.87. The quantitative estimate of drug-likeness (QED) is 0.264. The molecule has 2 heteroatoms. The summed E-state index contributed by atoms with van der Waals surface area (Å²) in [5.41, 5.74) is 1.34. The number of para-hydroxylation sites is 1. The molecule has 0 radical (unpaired) electrons. The van der Waals surface area contributed by atoms with Gasteiger partial charge in [-0.3, -0.25) is 0 Å². The van der Waals surface area contributed by atoms with Crippen molar-refractivity contribution >= 4 is 0 Å². The third-order valence-electron chi connectivity index (χ3n) is 4.26. The highest BCUT2D eigenvalue weighted by atomic mass is 16.6. The highest BCUT2D eigenvalue weighted by Crippen LogP contribution is 2.22. The van der Waals surface area contributed by atoms with E-state index in [-0.39, 0.29) is 0 Å². The van der Waals surface area contributed by atoms with Gasteiger partial charge in [-0.25, -0.2) is 0 Å². The molecule has 1 unspecified atom stereocenters. The van der Waals surface area contributed by atoms with Crippen LogP contribution in [0, 0.1) is 0 Å². The monoisotopic (exact) mass is 316 g/mol. The summed E-state index contributed by atoms with van der Waals surface area (Å²) in [7, 11) is 0. The Morgan fingerprint density at radius 2 is 1.78 bits per heavy atom. The van der Waals surface area contributed by atoms with Crippen molar-refractivity contribution in [2.24, 2.45) is 0 Å². The molecule has 0 amide bonds. The van der Waals surface area contributed by atoms with Crippen molar-refractivity contribution in [1.29, 1.82) is 0 Å². The summed E-state index contributed by atoms with van der Waals surface area (Å²) >= 11 is 0. The maximum Gasteiger partial charge on any atom is 0.122 e. The van der Waals surface area contributed by atoms with E-state index in [1.807, 2.05) is 0 Å². The predicted molar refractivity (Wildman–Crippen MR) is 97.1 cm³/mol. The second kappa shape index (κ2) is 11.3. The zero-order chi connectivity index (χ0) is 16.2. The standard InChI is InChI=1S/C21H32O2/c1-2-3-4-5-6-7-8-9-10-11-14-19-15-12-13-16-21(19)23-18-20-17-22-20/h5-6,12-13,15-16,20H,2-4,7-11,14,17-18H2,1H3/b6-5+. The smallest absolute Gasteiger partial charge is 0.122 e. The van der Waals surface area contributed by atoms with Crippen molar-refractivity contribution in [2.75, 3.05) is 13.2 Å². The molecule has 1 aliphatic rings. The SMILES string of the molecule is CCCC/C=C/CCCCCCc1ccccc1OCC1CO1. The lowest BCUT2D eigenvalue weighted by atomic mass is 10.0. The number of allylic oxidation sites excluding steroid dienone is 2. The summed E-state index contributed by atoms with van der Waals surface area (Å²) in [4.78, 5) is 0. The molecule has 128 valence electrons. The average molecular weight is 316 g/mol. The van der Waals surface area contributed by atoms with E-state index in [4.69, 9.17) is 9.47 Å². The van der Waals surface area contributed by atoms with E-state index < -0.39 is 0 Å². The molecule has 0 N–H and O–H groups in total. The Kier molecular flexibility index (Phi) is 8.86. The number of hydrogen-bond acceptors (Lipinski definition) is 2. The van der Waals surface area contributed by atoms with Gasteiger partial charge in [0.05, 0.1) is 6.61 Å². The van der Waals surface area contributed by atoms with Gasteiger partial charge < -0.3 is 9.47 Å². The van der Waals surface area contributed by atoms with Crippen LogP contribution < -0.4 is 4.74 Å². The summed E-state index contributed by atoms with van der Waals surface area (Å²) < 4.78 is 11.1. The van der Waals surface area contributed by atoms with E-state index in [2.05, 4.69) is 43.3 Å². The van der Waals surface area contributed by atoms with Crippen molar-refractivity contribution in [3.63, 3.8) is 0 Å². The molecule has 1 aliphatic heterocycles. The molecule has 0 saturated carbocycles. The first-order valence-corrected chi connectivity index (χ1v) is 9.37. The first-order chi connectivity index (χ1) is 11.4. The van der Waals surface area contributed by atoms with E-state index in [0.717, 1.165) is 18.8 Å². The highest BCUT2D eigenvalue weighted by molar-refractivity contribution is 5.33. The zero-order valence-corrected chi connectivity index (χ0v) is 14.6. The highest BCUT2D eigenvalue weighted by Gasteiger charge is 2.23. The number of epoxide rings is 1. The molecule has 0 aromatic heterocycles. The lowest BCUT2D eigenvalue weighted by Gasteiger charge is -2.10. The van der Waals surface area contributed by atoms with E-state index in [1.54, 1.807) is 0 Å². The molecule has 1 heterocycles. The van der Waals surface area contributed by atoms with Gasteiger partial charge in [-0.15, -0.1) is 0 Å². The van der Waals surface area contributed by atoms with Crippen LogP contribution >= 0.6 is 0 Å². The minimum absolute atomic E-state index is 0.327. The van der Waals surface area contributed by atoms with Crippen LogP contribution in [0.15, 0.2) is 36.4 Å². The molecule has 0 aliphatic carbocycles. The normalized spacial score (nSPS) is 16.8. The van der Waals surface area contributed by atoms with Crippen LogP contribution in [0.5, 0.6) is 5.75 Å². The van der Waals surface area contributed by atoms with Crippen molar-refractivity contribution in [1.82, 2.24) is 0 Å². The molecule has 1 saturated heterocycles. The van der Waals surface area contributed by atoms with Crippen molar-refractivity contribution in [3.8, 4) is 5.75 Å².